The Labute approximate surface area is 131 Å². The van der Waals surface area contributed by atoms with E-state index in [9.17, 15) is 13.2 Å². The number of para-hydroxylation sites is 1. The molecular formula is C16H14F3N3O. The van der Waals surface area contributed by atoms with Crippen molar-refractivity contribution in [3.8, 4) is 11.8 Å². The highest BCUT2D eigenvalue weighted by Gasteiger charge is 2.34. The molecule has 0 saturated carbocycles. The van der Waals surface area contributed by atoms with Gasteiger partial charge in [-0.15, -0.1) is 0 Å². The summed E-state index contributed by atoms with van der Waals surface area (Å²) in [5, 5.41) is 11.9. The van der Waals surface area contributed by atoms with Gasteiger partial charge in [0.05, 0.1) is 17.2 Å². The average Bonchev–Trinajstić information content (AvgIpc) is 2.53. The Kier molecular flexibility index (Phi) is 5.06. The third-order valence-electron chi connectivity index (χ3n) is 2.99. The zero-order valence-electron chi connectivity index (χ0n) is 12.3. The maximum absolute atomic E-state index is 12.9. The number of ether oxygens (including phenoxy) is 1. The molecule has 1 aromatic carbocycles. The van der Waals surface area contributed by atoms with Gasteiger partial charge in [-0.2, -0.15) is 18.4 Å². The van der Waals surface area contributed by atoms with E-state index < -0.39 is 11.7 Å². The predicted molar refractivity (Wildman–Crippen MR) is 79.0 cm³/mol. The first-order valence-corrected chi connectivity index (χ1v) is 6.82. The SMILES string of the molecule is CC(COc1ccccc1C(F)(F)F)Nc1ncccc1C#N. The lowest BCUT2D eigenvalue weighted by molar-refractivity contribution is -0.139. The lowest BCUT2D eigenvalue weighted by Gasteiger charge is -2.18. The van der Waals surface area contributed by atoms with E-state index in [-0.39, 0.29) is 18.4 Å². The Hall–Kier alpha value is -2.75. The van der Waals surface area contributed by atoms with Crippen molar-refractivity contribution in [3.63, 3.8) is 0 Å². The zero-order valence-corrected chi connectivity index (χ0v) is 12.3. The summed E-state index contributed by atoms with van der Waals surface area (Å²) in [7, 11) is 0. The number of nitrogens with one attached hydrogen (secondary N) is 1. The van der Waals surface area contributed by atoms with Crippen LogP contribution in [0.3, 0.4) is 0 Å². The summed E-state index contributed by atoms with van der Waals surface area (Å²) in [4.78, 5) is 4.03. The molecule has 2 rings (SSSR count). The van der Waals surface area contributed by atoms with Gasteiger partial charge in [-0.25, -0.2) is 4.98 Å². The lowest BCUT2D eigenvalue weighted by atomic mass is 10.2. The molecule has 23 heavy (non-hydrogen) atoms. The van der Waals surface area contributed by atoms with Gasteiger partial charge in [0, 0.05) is 6.20 Å². The molecule has 0 radical (unpaired) electrons. The second-order valence-corrected chi connectivity index (χ2v) is 4.86. The predicted octanol–water partition coefficient (Wildman–Crippen LogP) is 3.85. The van der Waals surface area contributed by atoms with E-state index in [2.05, 4.69) is 10.3 Å². The van der Waals surface area contributed by atoms with Crippen molar-refractivity contribution in [1.82, 2.24) is 4.98 Å². The van der Waals surface area contributed by atoms with Crippen LogP contribution < -0.4 is 10.1 Å². The van der Waals surface area contributed by atoms with E-state index in [1.807, 2.05) is 6.07 Å². The van der Waals surface area contributed by atoms with Gasteiger partial charge in [0.2, 0.25) is 0 Å². The first kappa shape index (κ1) is 16.6. The maximum Gasteiger partial charge on any atom is 0.419 e. The number of nitriles is 1. The van der Waals surface area contributed by atoms with Gasteiger partial charge in [0.25, 0.3) is 0 Å². The van der Waals surface area contributed by atoms with Gasteiger partial charge in [0.1, 0.15) is 24.2 Å². The summed E-state index contributed by atoms with van der Waals surface area (Å²) in [5.74, 6) is 0.144. The van der Waals surface area contributed by atoms with Crippen LogP contribution in [-0.4, -0.2) is 17.6 Å². The minimum Gasteiger partial charge on any atom is -0.491 e. The molecule has 1 aromatic heterocycles. The lowest BCUT2D eigenvalue weighted by Crippen LogP contribution is -2.25. The molecule has 1 unspecified atom stereocenters. The molecule has 1 atom stereocenters. The van der Waals surface area contributed by atoms with Crippen LogP contribution in [0.25, 0.3) is 0 Å². The van der Waals surface area contributed by atoms with Gasteiger partial charge in [-0.05, 0) is 31.2 Å². The van der Waals surface area contributed by atoms with Gasteiger partial charge in [-0.3, -0.25) is 0 Å². The minimum absolute atomic E-state index is 0.00542. The number of aromatic nitrogens is 1. The summed E-state index contributed by atoms with van der Waals surface area (Å²) in [5.41, 5.74) is -0.460. The second kappa shape index (κ2) is 7.01. The summed E-state index contributed by atoms with van der Waals surface area (Å²) in [6.07, 6.45) is -2.95. The van der Waals surface area contributed by atoms with Crippen molar-refractivity contribution in [3.05, 3.63) is 53.7 Å². The molecule has 120 valence electrons. The third kappa shape index (κ3) is 4.36. The van der Waals surface area contributed by atoms with E-state index in [0.29, 0.717) is 11.4 Å². The standard InChI is InChI=1S/C16H14F3N3O/c1-11(22-15-12(9-20)5-4-8-21-15)10-23-14-7-3-2-6-13(14)16(17,18)19/h2-8,11H,10H2,1H3,(H,21,22). The molecule has 0 bridgehead atoms. The molecular weight excluding hydrogens is 307 g/mol. The fraction of sp³-hybridized carbons (Fsp3) is 0.250. The largest absolute Gasteiger partial charge is 0.491 e. The van der Waals surface area contributed by atoms with Crippen LogP contribution in [0.15, 0.2) is 42.6 Å². The van der Waals surface area contributed by atoms with Crippen LogP contribution in [0.5, 0.6) is 5.75 Å². The molecule has 4 nitrogen and oxygen atoms in total. The molecule has 1 N–H and O–H groups in total. The molecule has 0 saturated heterocycles. The summed E-state index contributed by atoms with van der Waals surface area (Å²) in [6, 6.07) is 9.92. The van der Waals surface area contributed by atoms with Crippen molar-refractivity contribution in [2.45, 2.75) is 19.1 Å². The quantitative estimate of drug-likeness (QED) is 0.909. The molecule has 2 aromatic rings. The topological polar surface area (TPSA) is 57.9 Å². The second-order valence-electron chi connectivity index (χ2n) is 4.86. The molecule has 0 aliphatic rings. The van der Waals surface area contributed by atoms with Gasteiger partial charge in [-0.1, -0.05) is 12.1 Å². The van der Waals surface area contributed by atoms with Crippen LogP contribution in [0.2, 0.25) is 0 Å². The molecule has 0 aliphatic heterocycles. The number of alkyl halides is 3. The Bertz CT molecular complexity index is 710. The average molecular weight is 321 g/mol. The van der Waals surface area contributed by atoms with Gasteiger partial charge < -0.3 is 10.1 Å². The minimum atomic E-state index is -4.47. The van der Waals surface area contributed by atoms with Crippen LogP contribution in [0.1, 0.15) is 18.1 Å². The van der Waals surface area contributed by atoms with Crippen LogP contribution in [-0.2, 0) is 6.18 Å². The molecule has 0 amide bonds. The summed E-state index contributed by atoms with van der Waals surface area (Å²) in [6.45, 7) is 1.72. The highest BCUT2D eigenvalue weighted by Crippen LogP contribution is 2.35. The fourth-order valence-corrected chi connectivity index (χ4v) is 1.93. The third-order valence-corrected chi connectivity index (χ3v) is 2.99. The first-order chi connectivity index (χ1) is 10.9. The monoisotopic (exact) mass is 321 g/mol. The van der Waals surface area contributed by atoms with Crippen molar-refractivity contribution in [2.24, 2.45) is 0 Å². The van der Waals surface area contributed by atoms with E-state index in [1.165, 1.54) is 24.4 Å². The Balaban J connectivity index is 2.03. The first-order valence-electron chi connectivity index (χ1n) is 6.82. The number of benzene rings is 1. The van der Waals surface area contributed by atoms with E-state index in [0.717, 1.165) is 6.07 Å². The summed E-state index contributed by atoms with van der Waals surface area (Å²) < 4.78 is 43.9. The van der Waals surface area contributed by atoms with E-state index in [4.69, 9.17) is 10.00 Å². The zero-order chi connectivity index (χ0) is 16.9. The van der Waals surface area contributed by atoms with Gasteiger partial charge in [0.15, 0.2) is 0 Å². The number of pyridine rings is 1. The number of anilines is 1. The molecule has 0 aliphatic carbocycles. The van der Waals surface area contributed by atoms with Gasteiger partial charge >= 0.3 is 6.18 Å². The molecule has 1 heterocycles. The van der Waals surface area contributed by atoms with Crippen molar-refractivity contribution >= 4 is 5.82 Å². The Morgan fingerprint density at radius 2 is 2.00 bits per heavy atom. The van der Waals surface area contributed by atoms with Crippen LogP contribution in [0, 0.1) is 11.3 Å². The van der Waals surface area contributed by atoms with Crippen molar-refractivity contribution in [2.75, 3.05) is 11.9 Å². The normalized spacial score (nSPS) is 12.3. The number of hydrogen-bond acceptors (Lipinski definition) is 4. The molecule has 0 spiro atoms. The Morgan fingerprint density at radius 1 is 1.26 bits per heavy atom. The van der Waals surface area contributed by atoms with Crippen molar-refractivity contribution in [1.29, 1.82) is 5.26 Å². The molecule has 0 fully saturated rings. The van der Waals surface area contributed by atoms with E-state index in [1.54, 1.807) is 19.1 Å². The number of halogens is 3. The van der Waals surface area contributed by atoms with Crippen molar-refractivity contribution < 1.29 is 17.9 Å². The highest BCUT2D eigenvalue weighted by molar-refractivity contribution is 5.51. The highest BCUT2D eigenvalue weighted by atomic mass is 19.4. The number of hydrogen-bond donors (Lipinski definition) is 1. The fourth-order valence-electron chi connectivity index (χ4n) is 1.93. The maximum atomic E-state index is 12.9. The van der Waals surface area contributed by atoms with E-state index >= 15 is 0 Å². The van der Waals surface area contributed by atoms with Crippen LogP contribution in [0.4, 0.5) is 19.0 Å². The van der Waals surface area contributed by atoms with Crippen LogP contribution >= 0.6 is 0 Å². The number of nitrogens with zero attached hydrogens (tertiary/aromatic N) is 2. The number of rotatable bonds is 5. The Morgan fingerprint density at radius 3 is 2.70 bits per heavy atom. The summed E-state index contributed by atoms with van der Waals surface area (Å²) >= 11 is 0. The molecule has 7 heteroatoms. The smallest absolute Gasteiger partial charge is 0.419 e.